The molecule has 1 aromatic carbocycles. The number of carbonyl (C=O) groups is 2. The summed E-state index contributed by atoms with van der Waals surface area (Å²) in [7, 11) is 0. The lowest BCUT2D eigenvalue weighted by atomic mass is 10.1. The number of hydrogen-bond donors (Lipinski definition) is 0. The van der Waals surface area contributed by atoms with E-state index < -0.39 is 0 Å². The molecule has 0 N–H and O–H groups in total. The maximum Gasteiger partial charge on any atom is 0.332 e. The van der Waals surface area contributed by atoms with Crippen molar-refractivity contribution in [2.75, 3.05) is 16.5 Å². The summed E-state index contributed by atoms with van der Waals surface area (Å²) in [5, 5.41) is 0. The number of rotatable bonds is 1. The van der Waals surface area contributed by atoms with E-state index >= 15 is 0 Å². The molecule has 2 aliphatic rings. The molecule has 2 saturated heterocycles. The van der Waals surface area contributed by atoms with E-state index in [4.69, 9.17) is 0 Å². The van der Waals surface area contributed by atoms with Gasteiger partial charge >= 0.3 is 6.03 Å². The first-order valence-electron chi connectivity index (χ1n) is 5.89. The molecule has 0 bridgehead atoms. The Morgan fingerprint density at radius 2 is 2.06 bits per heavy atom. The van der Waals surface area contributed by atoms with E-state index in [1.54, 1.807) is 16.7 Å². The van der Waals surface area contributed by atoms with Gasteiger partial charge in [-0.15, -0.1) is 11.8 Å². The Labute approximate surface area is 110 Å². The van der Waals surface area contributed by atoms with Gasteiger partial charge in [-0.3, -0.25) is 4.79 Å². The SMILES string of the molecule is Cc1ccc(C)c(N2C(=O)C3CSCN3C2=O)c1. The lowest BCUT2D eigenvalue weighted by Crippen LogP contribution is -2.33. The largest absolute Gasteiger partial charge is 0.332 e. The van der Waals surface area contributed by atoms with Crippen molar-refractivity contribution in [1.82, 2.24) is 4.90 Å². The highest BCUT2D eigenvalue weighted by molar-refractivity contribution is 7.99. The smallest absolute Gasteiger partial charge is 0.302 e. The fourth-order valence-electron chi connectivity index (χ4n) is 2.39. The zero-order valence-electron chi connectivity index (χ0n) is 10.3. The fourth-order valence-corrected chi connectivity index (χ4v) is 3.53. The van der Waals surface area contributed by atoms with Crippen LogP contribution < -0.4 is 4.90 Å². The highest BCUT2D eigenvalue weighted by Gasteiger charge is 2.48. The van der Waals surface area contributed by atoms with Crippen LogP contribution in [0.1, 0.15) is 11.1 Å². The molecule has 0 aromatic heterocycles. The molecule has 1 aromatic rings. The molecule has 2 aliphatic heterocycles. The summed E-state index contributed by atoms with van der Waals surface area (Å²) in [6.07, 6.45) is 0. The Morgan fingerprint density at radius 3 is 2.78 bits per heavy atom. The van der Waals surface area contributed by atoms with E-state index in [0.717, 1.165) is 16.8 Å². The molecule has 1 unspecified atom stereocenters. The van der Waals surface area contributed by atoms with Gasteiger partial charge in [-0.2, -0.15) is 0 Å². The van der Waals surface area contributed by atoms with Gasteiger partial charge in [-0.25, -0.2) is 9.69 Å². The van der Waals surface area contributed by atoms with Crippen LogP contribution in [0.2, 0.25) is 0 Å². The van der Waals surface area contributed by atoms with Crippen molar-refractivity contribution in [2.45, 2.75) is 19.9 Å². The predicted molar refractivity (Wildman–Crippen MR) is 71.8 cm³/mol. The van der Waals surface area contributed by atoms with Crippen LogP contribution in [0.25, 0.3) is 0 Å². The predicted octanol–water partition coefficient (Wildman–Crippen LogP) is 2.14. The second-order valence-corrected chi connectivity index (χ2v) is 5.73. The summed E-state index contributed by atoms with van der Waals surface area (Å²) < 4.78 is 0. The van der Waals surface area contributed by atoms with Gasteiger partial charge in [0.15, 0.2) is 0 Å². The third-order valence-corrected chi connectivity index (χ3v) is 4.44. The average Bonchev–Trinajstić information content (AvgIpc) is 2.89. The molecule has 1 atom stereocenters. The maximum absolute atomic E-state index is 12.3. The number of fused-ring (bicyclic) bond motifs is 1. The number of imide groups is 1. The van der Waals surface area contributed by atoms with Crippen molar-refractivity contribution in [2.24, 2.45) is 0 Å². The van der Waals surface area contributed by atoms with Crippen molar-refractivity contribution in [3.8, 4) is 0 Å². The molecule has 0 aliphatic carbocycles. The highest BCUT2D eigenvalue weighted by atomic mass is 32.2. The van der Waals surface area contributed by atoms with Gasteiger partial charge in [0.05, 0.1) is 11.6 Å². The Kier molecular flexibility index (Phi) is 2.59. The van der Waals surface area contributed by atoms with E-state index in [0.29, 0.717) is 11.6 Å². The molecular formula is C13H14N2O2S. The molecule has 3 rings (SSSR count). The van der Waals surface area contributed by atoms with Crippen LogP contribution in [0.3, 0.4) is 0 Å². The summed E-state index contributed by atoms with van der Waals surface area (Å²) in [5.41, 5.74) is 2.73. The minimum absolute atomic E-state index is 0.0845. The van der Waals surface area contributed by atoms with Crippen LogP contribution in [-0.4, -0.2) is 34.5 Å². The minimum atomic E-state index is -0.262. The van der Waals surface area contributed by atoms with Crippen molar-refractivity contribution >= 4 is 29.4 Å². The number of aryl methyl sites for hydroxylation is 2. The zero-order chi connectivity index (χ0) is 12.9. The summed E-state index contributed by atoms with van der Waals surface area (Å²) >= 11 is 1.64. The summed E-state index contributed by atoms with van der Waals surface area (Å²) in [4.78, 5) is 27.6. The van der Waals surface area contributed by atoms with Gasteiger partial charge in [-0.05, 0) is 31.0 Å². The van der Waals surface area contributed by atoms with Crippen molar-refractivity contribution in [3.63, 3.8) is 0 Å². The molecule has 0 radical (unpaired) electrons. The first-order valence-corrected chi connectivity index (χ1v) is 7.04. The maximum atomic E-state index is 12.3. The van der Waals surface area contributed by atoms with E-state index in [9.17, 15) is 9.59 Å². The molecular weight excluding hydrogens is 248 g/mol. The Balaban J connectivity index is 2.05. The molecule has 18 heavy (non-hydrogen) atoms. The van der Waals surface area contributed by atoms with Crippen LogP contribution in [0, 0.1) is 13.8 Å². The minimum Gasteiger partial charge on any atom is -0.302 e. The first kappa shape index (κ1) is 11.6. The van der Waals surface area contributed by atoms with Crippen molar-refractivity contribution < 1.29 is 9.59 Å². The van der Waals surface area contributed by atoms with Gasteiger partial charge in [-0.1, -0.05) is 12.1 Å². The zero-order valence-corrected chi connectivity index (χ0v) is 11.2. The average molecular weight is 262 g/mol. The van der Waals surface area contributed by atoms with Crippen LogP contribution in [-0.2, 0) is 4.79 Å². The van der Waals surface area contributed by atoms with Crippen molar-refractivity contribution in [1.29, 1.82) is 0 Å². The Bertz CT molecular complexity index is 522. The molecule has 2 heterocycles. The number of anilines is 1. The van der Waals surface area contributed by atoms with Crippen LogP contribution >= 0.6 is 11.8 Å². The lowest BCUT2D eigenvalue weighted by Gasteiger charge is -2.18. The van der Waals surface area contributed by atoms with Crippen molar-refractivity contribution in [3.05, 3.63) is 29.3 Å². The van der Waals surface area contributed by atoms with Gasteiger partial charge in [0.1, 0.15) is 6.04 Å². The normalized spacial score (nSPS) is 22.9. The number of urea groups is 1. The van der Waals surface area contributed by atoms with E-state index in [1.807, 2.05) is 32.0 Å². The van der Waals surface area contributed by atoms with E-state index in [-0.39, 0.29) is 18.0 Å². The van der Waals surface area contributed by atoms with Crippen LogP contribution in [0.15, 0.2) is 18.2 Å². The Morgan fingerprint density at radius 1 is 1.28 bits per heavy atom. The number of thioether (sulfide) groups is 1. The van der Waals surface area contributed by atoms with Gasteiger partial charge in [0.2, 0.25) is 0 Å². The van der Waals surface area contributed by atoms with Gasteiger partial charge < -0.3 is 4.90 Å². The second-order valence-electron chi connectivity index (χ2n) is 4.73. The fraction of sp³-hybridized carbons (Fsp3) is 0.385. The number of benzene rings is 1. The first-order chi connectivity index (χ1) is 8.59. The summed E-state index contributed by atoms with van der Waals surface area (Å²) in [5.74, 6) is 1.25. The quantitative estimate of drug-likeness (QED) is 0.728. The van der Waals surface area contributed by atoms with Gasteiger partial charge in [0.25, 0.3) is 5.91 Å². The second kappa shape index (κ2) is 4.02. The molecule has 5 heteroatoms. The number of hydrogen-bond acceptors (Lipinski definition) is 3. The van der Waals surface area contributed by atoms with Crippen LogP contribution in [0.4, 0.5) is 10.5 Å². The monoisotopic (exact) mass is 262 g/mol. The molecule has 3 amide bonds. The molecule has 0 saturated carbocycles. The third-order valence-electron chi connectivity index (χ3n) is 3.43. The molecule has 0 spiro atoms. The third kappa shape index (κ3) is 1.54. The highest BCUT2D eigenvalue weighted by Crippen LogP contribution is 2.34. The van der Waals surface area contributed by atoms with E-state index in [2.05, 4.69) is 0 Å². The topological polar surface area (TPSA) is 40.6 Å². The van der Waals surface area contributed by atoms with Crippen LogP contribution in [0.5, 0.6) is 0 Å². The summed E-state index contributed by atoms with van der Waals surface area (Å²) in [6, 6.07) is 5.40. The Hall–Kier alpha value is -1.49. The van der Waals surface area contributed by atoms with E-state index in [1.165, 1.54) is 4.90 Å². The molecule has 94 valence electrons. The standard InChI is InChI=1S/C13H14N2O2S/c1-8-3-4-9(2)10(5-8)15-12(16)11-6-18-7-14(11)13(15)17/h3-5,11H,6-7H2,1-2H3. The number of nitrogens with zero attached hydrogens (tertiary/aromatic N) is 2. The number of carbonyl (C=O) groups excluding carboxylic acids is 2. The van der Waals surface area contributed by atoms with Gasteiger partial charge in [0, 0.05) is 5.75 Å². The molecule has 2 fully saturated rings. The number of amides is 3. The lowest BCUT2D eigenvalue weighted by molar-refractivity contribution is -0.118. The summed E-state index contributed by atoms with van der Waals surface area (Å²) in [6.45, 7) is 3.89. The molecule has 4 nitrogen and oxygen atoms in total.